The van der Waals surface area contributed by atoms with Gasteiger partial charge in [0.2, 0.25) is 0 Å². The van der Waals surface area contributed by atoms with Crippen LogP contribution in [0.4, 0.5) is 0 Å². The van der Waals surface area contributed by atoms with E-state index in [0.717, 1.165) is 17.9 Å². The van der Waals surface area contributed by atoms with Gasteiger partial charge in [0.25, 0.3) is 0 Å². The summed E-state index contributed by atoms with van der Waals surface area (Å²) < 4.78 is 5.79. The molecule has 1 heterocycles. The summed E-state index contributed by atoms with van der Waals surface area (Å²) in [6.45, 7) is 7.19. The lowest BCUT2D eigenvalue weighted by Crippen LogP contribution is -2.21. The summed E-state index contributed by atoms with van der Waals surface area (Å²) in [6.07, 6.45) is 0. The van der Waals surface area contributed by atoms with Gasteiger partial charge in [-0.05, 0) is 18.6 Å². The molecule has 15 heavy (non-hydrogen) atoms. The van der Waals surface area contributed by atoms with Crippen LogP contribution in [-0.4, -0.2) is 6.04 Å². The Balaban J connectivity index is 2.32. The number of aryl methyl sites for hydroxylation is 1. The molecule has 0 radical (unpaired) electrons. The molecule has 0 aliphatic heterocycles. The fourth-order valence-electron chi connectivity index (χ4n) is 1.69. The first kappa shape index (κ1) is 10.2. The topological polar surface area (TPSA) is 25.2 Å². The highest BCUT2D eigenvalue weighted by Crippen LogP contribution is 2.24. The van der Waals surface area contributed by atoms with Gasteiger partial charge < -0.3 is 9.73 Å². The van der Waals surface area contributed by atoms with Crippen molar-refractivity contribution in [1.29, 1.82) is 0 Å². The molecule has 0 atom stereocenters. The average Bonchev–Trinajstić information content (AvgIpc) is 2.54. The van der Waals surface area contributed by atoms with Crippen LogP contribution in [0.1, 0.15) is 25.2 Å². The monoisotopic (exact) mass is 203 g/mol. The minimum atomic E-state index is 0.484. The van der Waals surface area contributed by atoms with Crippen molar-refractivity contribution < 1.29 is 4.42 Å². The molecule has 0 saturated heterocycles. The van der Waals surface area contributed by atoms with Crippen LogP contribution in [0.2, 0.25) is 0 Å². The van der Waals surface area contributed by atoms with E-state index in [1.807, 2.05) is 18.2 Å². The van der Waals surface area contributed by atoms with Crippen LogP contribution in [0.5, 0.6) is 0 Å². The Morgan fingerprint density at radius 1 is 1.27 bits per heavy atom. The molecule has 2 nitrogen and oxygen atoms in total. The van der Waals surface area contributed by atoms with Crippen LogP contribution in [0.3, 0.4) is 0 Å². The number of fused-ring (bicyclic) bond motifs is 1. The second-order valence-electron chi connectivity index (χ2n) is 4.18. The van der Waals surface area contributed by atoms with E-state index < -0.39 is 0 Å². The third kappa shape index (κ3) is 2.05. The predicted molar refractivity (Wildman–Crippen MR) is 62.9 cm³/mol. The second kappa shape index (κ2) is 4.07. The van der Waals surface area contributed by atoms with E-state index in [-0.39, 0.29) is 0 Å². The first-order chi connectivity index (χ1) is 7.18. The minimum absolute atomic E-state index is 0.484. The van der Waals surface area contributed by atoms with Crippen LogP contribution in [0.25, 0.3) is 11.0 Å². The van der Waals surface area contributed by atoms with Crippen molar-refractivity contribution in [2.45, 2.75) is 33.4 Å². The Morgan fingerprint density at radius 3 is 2.67 bits per heavy atom. The molecule has 0 aliphatic rings. The molecule has 1 aromatic heterocycles. The molecule has 80 valence electrons. The summed E-state index contributed by atoms with van der Waals surface area (Å²) >= 11 is 0. The summed E-state index contributed by atoms with van der Waals surface area (Å²) in [5, 5.41) is 4.59. The lowest BCUT2D eigenvalue weighted by Gasteiger charge is -2.05. The minimum Gasteiger partial charge on any atom is -0.459 e. The second-order valence-corrected chi connectivity index (χ2v) is 4.18. The highest BCUT2D eigenvalue weighted by Gasteiger charge is 2.09. The van der Waals surface area contributed by atoms with Gasteiger partial charge in [0.05, 0.1) is 6.54 Å². The van der Waals surface area contributed by atoms with Gasteiger partial charge in [0, 0.05) is 11.4 Å². The van der Waals surface area contributed by atoms with Crippen LogP contribution in [-0.2, 0) is 6.54 Å². The maximum atomic E-state index is 5.79. The Kier molecular flexibility index (Phi) is 2.78. The van der Waals surface area contributed by atoms with Gasteiger partial charge in [0.15, 0.2) is 0 Å². The normalized spacial score (nSPS) is 11.5. The average molecular weight is 203 g/mol. The van der Waals surface area contributed by atoms with Crippen molar-refractivity contribution in [2.24, 2.45) is 0 Å². The zero-order valence-corrected chi connectivity index (χ0v) is 9.50. The zero-order valence-electron chi connectivity index (χ0n) is 9.50. The smallest absolute Gasteiger partial charge is 0.134 e. The van der Waals surface area contributed by atoms with Crippen molar-refractivity contribution in [2.75, 3.05) is 0 Å². The summed E-state index contributed by atoms with van der Waals surface area (Å²) in [4.78, 5) is 0. The molecule has 0 unspecified atom stereocenters. The van der Waals surface area contributed by atoms with E-state index in [9.17, 15) is 0 Å². The number of para-hydroxylation sites is 1. The molecule has 0 bridgehead atoms. The van der Waals surface area contributed by atoms with Gasteiger partial charge in [-0.3, -0.25) is 0 Å². The first-order valence-electron chi connectivity index (χ1n) is 5.39. The van der Waals surface area contributed by atoms with E-state index in [1.165, 1.54) is 10.9 Å². The largest absolute Gasteiger partial charge is 0.459 e. The van der Waals surface area contributed by atoms with Gasteiger partial charge >= 0.3 is 0 Å². The lowest BCUT2D eigenvalue weighted by molar-refractivity contribution is 0.485. The molecular weight excluding hydrogens is 186 g/mol. The third-order valence-corrected chi connectivity index (χ3v) is 2.61. The van der Waals surface area contributed by atoms with Crippen molar-refractivity contribution in [3.8, 4) is 0 Å². The lowest BCUT2D eigenvalue weighted by atomic mass is 10.1. The standard InChI is InChI=1S/C13H17NO/c1-9(2)14-8-13-10(3)11-6-4-5-7-12(11)15-13/h4-7,9,14H,8H2,1-3H3. The molecule has 2 aromatic rings. The van der Waals surface area contributed by atoms with Crippen LogP contribution < -0.4 is 5.32 Å². The maximum absolute atomic E-state index is 5.79. The van der Waals surface area contributed by atoms with Crippen molar-refractivity contribution in [3.63, 3.8) is 0 Å². The SMILES string of the molecule is Cc1c(CNC(C)C)oc2ccccc12. The van der Waals surface area contributed by atoms with E-state index in [2.05, 4.69) is 32.2 Å². The van der Waals surface area contributed by atoms with E-state index >= 15 is 0 Å². The number of hydrogen-bond acceptors (Lipinski definition) is 2. The molecule has 1 aromatic carbocycles. The number of furan rings is 1. The number of benzene rings is 1. The van der Waals surface area contributed by atoms with Gasteiger partial charge in [0.1, 0.15) is 11.3 Å². The fraction of sp³-hybridized carbons (Fsp3) is 0.385. The van der Waals surface area contributed by atoms with E-state index in [0.29, 0.717) is 6.04 Å². The van der Waals surface area contributed by atoms with Gasteiger partial charge in [-0.15, -0.1) is 0 Å². The summed E-state index contributed by atoms with van der Waals surface area (Å²) in [5.74, 6) is 1.05. The Labute approximate surface area is 90.3 Å². The molecule has 0 aliphatic carbocycles. The quantitative estimate of drug-likeness (QED) is 0.828. The van der Waals surface area contributed by atoms with Crippen LogP contribution >= 0.6 is 0 Å². The fourth-order valence-corrected chi connectivity index (χ4v) is 1.69. The van der Waals surface area contributed by atoms with Gasteiger partial charge in [-0.2, -0.15) is 0 Å². The molecular formula is C13H17NO. The molecule has 0 saturated carbocycles. The predicted octanol–water partition coefficient (Wildman–Crippen LogP) is 3.24. The summed E-state index contributed by atoms with van der Waals surface area (Å²) in [6, 6.07) is 8.65. The summed E-state index contributed by atoms with van der Waals surface area (Å²) in [7, 11) is 0. The van der Waals surface area contributed by atoms with E-state index in [4.69, 9.17) is 4.42 Å². The highest BCUT2D eigenvalue weighted by atomic mass is 16.3. The van der Waals surface area contributed by atoms with Crippen molar-refractivity contribution >= 4 is 11.0 Å². The van der Waals surface area contributed by atoms with Crippen molar-refractivity contribution in [1.82, 2.24) is 5.32 Å². The molecule has 2 rings (SSSR count). The molecule has 2 heteroatoms. The summed E-state index contributed by atoms with van der Waals surface area (Å²) in [5.41, 5.74) is 2.23. The van der Waals surface area contributed by atoms with Gasteiger partial charge in [-0.1, -0.05) is 32.0 Å². The number of rotatable bonds is 3. The highest BCUT2D eigenvalue weighted by molar-refractivity contribution is 5.81. The third-order valence-electron chi connectivity index (χ3n) is 2.61. The molecule has 1 N–H and O–H groups in total. The molecule has 0 fully saturated rings. The van der Waals surface area contributed by atoms with Crippen LogP contribution in [0.15, 0.2) is 28.7 Å². The van der Waals surface area contributed by atoms with Crippen molar-refractivity contribution in [3.05, 3.63) is 35.6 Å². The molecule has 0 amide bonds. The first-order valence-corrected chi connectivity index (χ1v) is 5.39. The van der Waals surface area contributed by atoms with Crippen LogP contribution in [0, 0.1) is 6.92 Å². The Morgan fingerprint density at radius 2 is 2.00 bits per heavy atom. The molecule has 0 spiro atoms. The van der Waals surface area contributed by atoms with E-state index in [1.54, 1.807) is 0 Å². The Hall–Kier alpha value is -1.28. The maximum Gasteiger partial charge on any atom is 0.134 e. The zero-order chi connectivity index (χ0) is 10.8. The number of hydrogen-bond donors (Lipinski definition) is 1. The number of nitrogens with one attached hydrogen (secondary N) is 1. The Bertz CT molecular complexity index is 457. The van der Waals surface area contributed by atoms with Gasteiger partial charge in [-0.25, -0.2) is 0 Å².